The predicted octanol–water partition coefficient (Wildman–Crippen LogP) is 3.21. The Morgan fingerprint density at radius 2 is 2.21 bits per heavy atom. The number of ether oxygens (including phenoxy) is 1. The van der Waals surface area contributed by atoms with Gasteiger partial charge in [0.1, 0.15) is 5.75 Å². The maximum atomic E-state index is 5.23. The van der Waals surface area contributed by atoms with Gasteiger partial charge in [-0.15, -0.1) is 0 Å². The van der Waals surface area contributed by atoms with Crippen molar-refractivity contribution in [1.29, 1.82) is 0 Å². The Hall–Kier alpha value is -0.980. The van der Waals surface area contributed by atoms with Gasteiger partial charge in [-0.3, -0.25) is 0 Å². The molecule has 0 N–H and O–H groups in total. The third-order valence-corrected chi connectivity index (χ3v) is 3.32. The molecule has 0 aromatic heterocycles. The maximum Gasteiger partial charge on any atom is 0.119 e. The van der Waals surface area contributed by atoms with E-state index in [-0.39, 0.29) is 0 Å². The van der Waals surface area contributed by atoms with Gasteiger partial charge in [-0.25, -0.2) is 0 Å². The lowest BCUT2D eigenvalue weighted by Gasteiger charge is -2.23. The van der Waals surface area contributed by atoms with E-state index in [0.29, 0.717) is 0 Å². The molecule has 0 aliphatic heterocycles. The molecule has 0 spiro atoms. The van der Waals surface area contributed by atoms with E-state index in [1.807, 2.05) is 0 Å². The van der Waals surface area contributed by atoms with Crippen LogP contribution in [0, 0.1) is 5.92 Å². The van der Waals surface area contributed by atoms with Gasteiger partial charge in [0.2, 0.25) is 0 Å². The summed E-state index contributed by atoms with van der Waals surface area (Å²) in [5.74, 6) is 1.90. The van der Waals surface area contributed by atoms with Crippen molar-refractivity contribution in [3.63, 3.8) is 0 Å². The van der Waals surface area contributed by atoms with Crippen LogP contribution in [0.3, 0.4) is 0 Å². The second kappa shape index (κ2) is 4.04. The smallest absolute Gasteiger partial charge is 0.119 e. The molecular weight excluding hydrogens is 172 g/mol. The van der Waals surface area contributed by atoms with Crippen LogP contribution in [0.4, 0.5) is 0 Å². The summed E-state index contributed by atoms with van der Waals surface area (Å²) in [7, 11) is 1.74. The molecule has 1 aliphatic rings. The second-order valence-corrected chi connectivity index (χ2v) is 4.15. The monoisotopic (exact) mass is 190 g/mol. The second-order valence-electron chi connectivity index (χ2n) is 4.15. The molecule has 1 atom stereocenters. The lowest BCUT2D eigenvalue weighted by atomic mass is 9.82. The Labute approximate surface area is 86.1 Å². The highest BCUT2D eigenvalue weighted by Crippen LogP contribution is 2.29. The zero-order valence-electron chi connectivity index (χ0n) is 9.05. The van der Waals surface area contributed by atoms with E-state index in [0.717, 1.165) is 11.7 Å². The van der Waals surface area contributed by atoms with Crippen LogP contribution in [0.25, 0.3) is 0 Å². The molecule has 2 rings (SSSR count). The number of hydrogen-bond donors (Lipinski definition) is 0. The highest BCUT2D eigenvalue weighted by molar-refractivity contribution is 5.37. The van der Waals surface area contributed by atoms with E-state index in [9.17, 15) is 0 Å². The Kier molecular flexibility index (Phi) is 2.76. The van der Waals surface area contributed by atoms with Crippen LogP contribution in [0.15, 0.2) is 18.2 Å². The third kappa shape index (κ3) is 1.77. The van der Waals surface area contributed by atoms with E-state index < -0.39 is 0 Å². The summed E-state index contributed by atoms with van der Waals surface area (Å²) in [6.45, 7) is 2.29. The minimum atomic E-state index is 0.899. The van der Waals surface area contributed by atoms with Crippen molar-refractivity contribution in [2.75, 3.05) is 7.11 Å². The van der Waals surface area contributed by atoms with Gasteiger partial charge >= 0.3 is 0 Å². The van der Waals surface area contributed by atoms with Crippen molar-refractivity contribution in [3.05, 3.63) is 29.3 Å². The predicted molar refractivity (Wildman–Crippen MR) is 58.8 cm³/mol. The van der Waals surface area contributed by atoms with Crippen LogP contribution in [-0.4, -0.2) is 7.11 Å². The highest BCUT2D eigenvalue weighted by Gasteiger charge is 2.17. The molecule has 1 aromatic carbocycles. The lowest BCUT2D eigenvalue weighted by molar-refractivity contribution is 0.409. The van der Waals surface area contributed by atoms with E-state index in [1.54, 1.807) is 7.11 Å². The number of rotatable bonds is 2. The molecule has 0 fully saturated rings. The number of methoxy groups -OCH3 is 1. The van der Waals surface area contributed by atoms with Crippen molar-refractivity contribution in [2.45, 2.75) is 32.6 Å². The summed E-state index contributed by atoms with van der Waals surface area (Å²) in [6, 6.07) is 6.51. The van der Waals surface area contributed by atoms with E-state index in [1.165, 1.54) is 36.8 Å². The van der Waals surface area contributed by atoms with E-state index in [4.69, 9.17) is 4.74 Å². The fourth-order valence-electron chi connectivity index (χ4n) is 2.28. The molecule has 1 aliphatic carbocycles. The molecule has 1 unspecified atom stereocenters. The van der Waals surface area contributed by atoms with Crippen LogP contribution in [0.1, 0.15) is 30.9 Å². The normalized spacial score (nSPS) is 20.3. The SMILES string of the molecule is CCC1CCc2cc(OC)ccc2C1. The quantitative estimate of drug-likeness (QED) is 0.695. The molecule has 76 valence electrons. The zero-order chi connectivity index (χ0) is 9.97. The number of fused-ring (bicyclic) bond motifs is 1. The summed E-state index contributed by atoms with van der Waals surface area (Å²) in [5.41, 5.74) is 3.03. The van der Waals surface area contributed by atoms with Crippen molar-refractivity contribution in [2.24, 2.45) is 5.92 Å². The summed E-state index contributed by atoms with van der Waals surface area (Å²) in [6.07, 6.45) is 5.14. The Morgan fingerprint density at radius 3 is 2.93 bits per heavy atom. The summed E-state index contributed by atoms with van der Waals surface area (Å²) >= 11 is 0. The topological polar surface area (TPSA) is 9.23 Å². The van der Waals surface area contributed by atoms with Crippen molar-refractivity contribution >= 4 is 0 Å². The number of aryl methyl sites for hydroxylation is 1. The van der Waals surface area contributed by atoms with E-state index >= 15 is 0 Å². The van der Waals surface area contributed by atoms with Crippen LogP contribution >= 0.6 is 0 Å². The maximum absolute atomic E-state index is 5.23. The van der Waals surface area contributed by atoms with E-state index in [2.05, 4.69) is 25.1 Å². The first-order chi connectivity index (χ1) is 6.83. The first kappa shape index (κ1) is 9.57. The van der Waals surface area contributed by atoms with Gasteiger partial charge in [-0.05, 0) is 48.4 Å². The Bertz CT molecular complexity index is 317. The molecule has 1 nitrogen and oxygen atoms in total. The molecular formula is C13H18O. The molecule has 14 heavy (non-hydrogen) atoms. The van der Waals surface area contributed by atoms with Crippen molar-refractivity contribution in [3.8, 4) is 5.75 Å². The van der Waals surface area contributed by atoms with Gasteiger partial charge in [0.15, 0.2) is 0 Å². The van der Waals surface area contributed by atoms with Crippen molar-refractivity contribution < 1.29 is 4.74 Å². The fraction of sp³-hybridized carbons (Fsp3) is 0.538. The average molecular weight is 190 g/mol. The number of benzene rings is 1. The Balaban J connectivity index is 2.23. The highest BCUT2D eigenvalue weighted by atomic mass is 16.5. The van der Waals surface area contributed by atoms with Gasteiger partial charge in [-0.1, -0.05) is 19.4 Å². The summed E-state index contributed by atoms with van der Waals surface area (Å²) in [5, 5.41) is 0. The molecule has 0 bridgehead atoms. The van der Waals surface area contributed by atoms with Gasteiger partial charge in [-0.2, -0.15) is 0 Å². The molecule has 1 heteroatoms. The molecule has 0 heterocycles. The third-order valence-electron chi connectivity index (χ3n) is 3.32. The molecule has 0 amide bonds. The largest absolute Gasteiger partial charge is 0.497 e. The molecule has 1 aromatic rings. The van der Waals surface area contributed by atoms with Crippen LogP contribution in [0.5, 0.6) is 5.75 Å². The minimum absolute atomic E-state index is 0.899. The lowest BCUT2D eigenvalue weighted by Crippen LogP contribution is -2.13. The van der Waals surface area contributed by atoms with Gasteiger partial charge in [0.05, 0.1) is 7.11 Å². The molecule has 0 saturated carbocycles. The molecule has 0 radical (unpaired) electrons. The first-order valence-electron chi connectivity index (χ1n) is 5.49. The van der Waals surface area contributed by atoms with Crippen LogP contribution in [-0.2, 0) is 12.8 Å². The fourth-order valence-corrected chi connectivity index (χ4v) is 2.28. The van der Waals surface area contributed by atoms with Crippen LogP contribution in [0.2, 0.25) is 0 Å². The summed E-state index contributed by atoms with van der Waals surface area (Å²) in [4.78, 5) is 0. The Morgan fingerprint density at radius 1 is 1.36 bits per heavy atom. The zero-order valence-corrected chi connectivity index (χ0v) is 9.05. The minimum Gasteiger partial charge on any atom is -0.497 e. The van der Waals surface area contributed by atoms with Gasteiger partial charge in [0.25, 0.3) is 0 Å². The van der Waals surface area contributed by atoms with Crippen molar-refractivity contribution in [1.82, 2.24) is 0 Å². The van der Waals surface area contributed by atoms with Gasteiger partial charge < -0.3 is 4.74 Å². The number of hydrogen-bond acceptors (Lipinski definition) is 1. The summed E-state index contributed by atoms with van der Waals surface area (Å²) < 4.78 is 5.23. The first-order valence-corrected chi connectivity index (χ1v) is 5.49. The van der Waals surface area contributed by atoms with Crippen LogP contribution < -0.4 is 4.74 Å². The van der Waals surface area contributed by atoms with Gasteiger partial charge in [0, 0.05) is 0 Å². The molecule has 0 saturated heterocycles. The standard InChI is InChI=1S/C13H18O/c1-3-10-4-5-12-9-13(14-2)7-6-11(12)8-10/h6-7,9-10H,3-5,8H2,1-2H3. The average Bonchev–Trinajstić information content (AvgIpc) is 2.27.